The molecule has 0 saturated carbocycles. The van der Waals surface area contributed by atoms with Crippen molar-refractivity contribution >= 4 is 33.9 Å². The van der Waals surface area contributed by atoms with Crippen LogP contribution in [0.1, 0.15) is 42.0 Å². The van der Waals surface area contributed by atoms with Crippen LogP contribution in [-0.4, -0.2) is 34.3 Å². The molecule has 6 heteroatoms. The largest absolute Gasteiger partial charge is 0.376 e. The van der Waals surface area contributed by atoms with E-state index in [0.29, 0.717) is 23.8 Å². The lowest BCUT2D eigenvalue weighted by Crippen LogP contribution is -2.40. The minimum atomic E-state index is -0.0723. The van der Waals surface area contributed by atoms with Gasteiger partial charge >= 0.3 is 0 Å². The van der Waals surface area contributed by atoms with E-state index in [1.807, 2.05) is 25.1 Å². The van der Waals surface area contributed by atoms with Crippen molar-refractivity contribution in [2.75, 3.05) is 18.5 Å². The van der Waals surface area contributed by atoms with E-state index in [-0.39, 0.29) is 11.7 Å². The second kappa shape index (κ2) is 9.84. The number of ether oxygens (including phenoxy) is 1. The van der Waals surface area contributed by atoms with Crippen LogP contribution in [0.4, 0.5) is 5.69 Å². The minimum absolute atomic E-state index is 0.0723. The van der Waals surface area contributed by atoms with Crippen molar-refractivity contribution in [3.63, 3.8) is 0 Å². The lowest BCUT2D eigenvalue weighted by molar-refractivity contribution is 0.0904. The molecule has 32 heavy (non-hydrogen) atoms. The Hall–Kier alpha value is -2.70. The highest BCUT2D eigenvalue weighted by Crippen LogP contribution is 2.20. The first-order valence-corrected chi connectivity index (χ1v) is 11.7. The SMILES string of the molecule is CCc1ccc(NC(=S)N(Cc2cc3cc(C)cc(C)c3[nH]c2=O)C[C@@H]2CCCO2)cc1. The molecular formula is C26H31N3O2S. The zero-order valence-corrected chi connectivity index (χ0v) is 19.8. The average Bonchev–Trinajstić information content (AvgIpc) is 3.28. The molecule has 1 aliphatic heterocycles. The van der Waals surface area contributed by atoms with Gasteiger partial charge in [-0.3, -0.25) is 4.79 Å². The van der Waals surface area contributed by atoms with Crippen LogP contribution in [0.5, 0.6) is 0 Å². The average molecular weight is 450 g/mol. The van der Waals surface area contributed by atoms with Crippen LogP contribution in [0.15, 0.2) is 47.3 Å². The van der Waals surface area contributed by atoms with Gasteiger partial charge in [-0.1, -0.05) is 30.7 Å². The number of nitrogens with zero attached hydrogens (tertiary/aromatic N) is 1. The predicted molar refractivity (Wildman–Crippen MR) is 135 cm³/mol. The second-order valence-corrected chi connectivity index (χ2v) is 9.05. The van der Waals surface area contributed by atoms with Crippen molar-refractivity contribution in [3.05, 3.63) is 75.1 Å². The van der Waals surface area contributed by atoms with Crippen LogP contribution in [0, 0.1) is 13.8 Å². The Labute approximate surface area is 194 Å². The van der Waals surface area contributed by atoms with Crippen LogP contribution in [0.3, 0.4) is 0 Å². The van der Waals surface area contributed by atoms with Crippen LogP contribution >= 0.6 is 12.2 Å². The molecular weight excluding hydrogens is 418 g/mol. The van der Waals surface area contributed by atoms with Gasteiger partial charge in [-0.25, -0.2) is 0 Å². The Morgan fingerprint density at radius 1 is 1.22 bits per heavy atom. The molecule has 4 rings (SSSR count). The third-order valence-electron chi connectivity index (χ3n) is 6.08. The molecule has 2 heterocycles. The first kappa shape index (κ1) is 22.5. The van der Waals surface area contributed by atoms with E-state index in [2.05, 4.69) is 53.3 Å². The van der Waals surface area contributed by atoms with Gasteiger partial charge in [0, 0.05) is 24.4 Å². The van der Waals surface area contributed by atoms with E-state index >= 15 is 0 Å². The summed E-state index contributed by atoms with van der Waals surface area (Å²) in [5.41, 5.74) is 6.01. The first-order chi connectivity index (χ1) is 15.4. The second-order valence-electron chi connectivity index (χ2n) is 8.67. The molecule has 1 aliphatic rings. The summed E-state index contributed by atoms with van der Waals surface area (Å²) >= 11 is 5.78. The number of benzene rings is 2. The number of aromatic amines is 1. The zero-order valence-electron chi connectivity index (χ0n) is 19.0. The van der Waals surface area contributed by atoms with Crippen molar-refractivity contribution in [1.29, 1.82) is 0 Å². The van der Waals surface area contributed by atoms with Gasteiger partial charge in [-0.05, 0) is 86.1 Å². The van der Waals surface area contributed by atoms with Crippen molar-refractivity contribution < 1.29 is 4.74 Å². The van der Waals surface area contributed by atoms with Gasteiger partial charge in [0.2, 0.25) is 0 Å². The molecule has 3 aromatic rings. The Kier molecular flexibility index (Phi) is 6.92. The highest BCUT2D eigenvalue weighted by atomic mass is 32.1. The minimum Gasteiger partial charge on any atom is -0.376 e. The molecule has 0 amide bonds. The number of H-pyrrole nitrogens is 1. The molecule has 0 unspecified atom stereocenters. The normalized spacial score (nSPS) is 15.8. The van der Waals surface area contributed by atoms with Gasteiger partial charge in [-0.15, -0.1) is 0 Å². The maximum Gasteiger partial charge on any atom is 0.253 e. The molecule has 1 atom stereocenters. The Morgan fingerprint density at radius 3 is 2.69 bits per heavy atom. The number of fused-ring (bicyclic) bond motifs is 1. The van der Waals surface area contributed by atoms with Gasteiger partial charge in [0.05, 0.1) is 18.2 Å². The van der Waals surface area contributed by atoms with Crippen molar-refractivity contribution in [2.45, 2.75) is 52.7 Å². The molecule has 0 aliphatic carbocycles. The summed E-state index contributed by atoms with van der Waals surface area (Å²) in [7, 11) is 0. The van der Waals surface area contributed by atoms with Crippen molar-refractivity contribution in [3.8, 4) is 0 Å². The van der Waals surface area contributed by atoms with Gasteiger partial charge in [-0.2, -0.15) is 0 Å². The Bertz CT molecular complexity index is 1160. The number of aromatic nitrogens is 1. The van der Waals surface area contributed by atoms with Gasteiger partial charge in [0.1, 0.15) is 0 Å². The van der Waals surface area contributed by atoms with Crippen molar-refractivity contribution in [2.24, 2.45) is 0 Å². The fourth-order valence-electron chi connectivity index (χ4n) is 4.33. The molecule has 168 valence electrons. The maximum atomic E-state index is 12.9. The van der Waals surface area contributed by atoms with Crippen LogP contribution in [-0.2, 0) is 17.7 Å². The fourth-order valence-corrected chi connectivity index (χ4v) is 4.59. The van der Waals surface area contributed by atoms with Crippen LogP contribution in [0.2, 0.25) is 0 Å². The highest BCUT2D eigenvalue weighted by molar-refractivity contribution is 7.80. The summed E-state index contributed by atoms with van der Waals surface area (Å²) in [4.78, 5) is 18.0. The summed E-state index contributed by atoms with van der Waals surface area (Å²) in [6.07, 6.45) is 3.20. The molecule has 1 aromatic heterocycles. The third kappa shape index (κ3) is 5.19. The topological polar surface area (TPSA) is 57.4 Å². The van der Waals surface area contributed by atoms with Gasteiger partial charge in [0.15, 0.2) is 5.11 Å². The molecule has 1 saturated heterocycles. The summed E-state index contributed by atoms with van der Waals surface area (Å²) in [5, 5.41) is 5.00. The lowest BCUT2D eigenvalue weighted by atomic mass is 10.1. The standard InChI is InChI=1S/C26H31N3O2S/c1-4-19-7-9-22(10-8-19)27-26(32)29(16-23-6-5-11-31-23)15-21-14-20-13-17(2)12-18(3)24(20)28-25(21)30/h7-10,12-14,23H,4-6,11,15-16H2,1-3H3,(H,27,32)(H,28,30)/t23-/m0/s1. The number of anilines is 1. The quantitative estimate of drug-likeness (QED) is 0.514. The van der Waals surface area contributed by atoms with E-state index in [1.165, 1.54) is 11.1 Å². The van der Waals surface area contributed by atoms with E-state index in [4.69, 9.17) is 17.0 Å². The lowest BCUT2D eigenvalue weighted by Gasteiger charge is -2.28. The summed E-state index contributed by atoms with van der Waals surface area (Å²) in [5.74, 6) is 0. The Morgan fingerprint density at radius 2 is 2.00 bits per heavy atom. The van der Waals surface area contributed by atoms with Crippen LogP contribution < -0.4 is 10.9 Å². The monoisotopic (exact) mass is 449 g/mol. The molecule has 2 N–H and O–H groups in total. The number of hydrogen-bond donors (Lipinski definition) is 2. The predicted octanol–water partition coefficient (Wildman–Crippen LogP) is 5.09. The Balaban J connectivity index is 1.60. The number of rotatable bonds is 6. The molecule has 5 nitrogen and oxygen atoms in total. The van der Waals surface area contributed by atoms with Crippen LogP contribution in [0.25, 0.3) is 10.9 Å². The highest BCUT2D eigenvalue weighted by Gasteiger charge is 2.22. The third-order valence-corrected chi connectivity index (χ3v) is 6.44. The summed E-state index contributed by atoms with van der Waals surface area (Å²) in [6.45, 7) is 8.11. The smallest absolute Gasteiger partial charge is 0.253 e. The summed E-state index contributed by atoms with van der Waals surface area (Å²) < 4.78 is 5.87. The van der Waals surface area contributed by atoms with Gasteiger partial charge < -0.3 is 19.9 Å². The van der Waals surface area contributed by atoms with E-state index in [9.17, 15) is 4.79 Å². The van der Waals surface area contributed by atoms with E-state index < -0.39 is 0 Å². The number of hydrogen-bond acceptors (Lipinski definition) is 3. The van der Waals surface area contributed by atoms with Gasteiger partial charge in [0.25, 0.3) is 5.56 Å². The number of aryl methyl sites for hydroxylation is 3. The molecule has 2 aromatic carbocycles. The molecule has 0 radical (unpaired) electrons. The van der Waals surface area contributed by atoms with E-state index in [1.54, 1.807) is 0 Å². The fraction of sp³-hybridized carbons (Fsp3) is 0.385. The number of pyridine rings is 1. The summed E-state index contributed by atoms with van der Waals surface area (Å²) in [6, 6.07) is 14.5. The molecule has 0 bridgehead atoms. The molecule has 0 spiro atoms. The maximum absolute atomic E-state index is 12.9. The molecule has 1 fully saturated rings. The number of thiocarbonyl (C=S) groups is 1. The zero-order chi connectivity index (χ0) is 22.7. The number of nitrogens with one attached hydrogen (secondary N) is 2. The van der Waals surface area contributed by atoms with Crippen molar-refractivity contribution in [1.82, 2.24) is 9.88 Å². The van der Waals surface area contributed by atoms with E-state index in [0.717, 1.165) is 48.0 Å². The first-order valence-electron chi connectivity index (χ1n) is 11.3.